The lowest BCUT2D eigenvalue weighted by molar-refractivity contribution is 0.152. The highest BCUT2D eigenvalue weighted by Gasteiger charge is 2.39. The van der Waals surface area contributed by atoms with Crippen LogP contribution < -0.4 is 0 Å². The van der Waals surface area contributed by atoms with Crippen LogP contribution in [0.5, 0.6) is 0 Å². The molecule has 2 nitrogen and oxygen atoms in total. The maximum absolute atomic E-state index is 9.19. The van der Waals surface area contributed by atoms with Crippen molar-refractivity contribution in [3.8, 4) is 12.1 Å². The van der Waals surface area contributed by atoms with Crippen molar-refractivity contribution in [3.63, 3.8) is 0 Å². The Kier molecular flexibility index (Phi) is 3.49. The van der Waals surface area contributed by atoms with Gasteiger partial charge in [-0.2, -0.15) is 10.5 Å². The highest BCUT2D eigenvalue weighted by molar-refractivity contribution is 5.15. The third-order valence-corrected chi connectivity index (χ3v) is 4.53. The van der Waals surface area contributed by atoms with E-state index in [1.807, 2.05) is 0 Å². The Morgan fingerprint density at radius 1 is 0.812 bits per heavy atom. The molecule has 2 saturated carbocycles. The molecule has 0 aromatic heterocycles. The van der Waals surface area contributed by atoms with Gasteiger partial charge < -0.3 is 0 Å². The van der Waals surface area contributed by atoms with E-state index in [1.54, 1.807) is 0 Å². The molecule has 2 rings (SSSR count). The molecule has 0 spiro atoms. The average molecular weight is 216 g/mol. The zero-order chi connectivity index (χ0) is 11.4. The summed E-state index contributed by atoms with van der Waals surface area (Å²) in [5.41, 5.74) is -0.652. The Morgan fingerprint density at radius 3 is 2.06 bits per heavy atom. The molecule has 0 heterocycles. The molecular weight excluding hydrogens is 196 g/mol. The van der Waals surface area contributed by atoms with Crippen molar-refractivity contribution < 1.29 is 0 Å². The molecule has 0 aromatic rings. The molecule has 0 radical (unpaired) electrons. The minimum Gasteiger partial charge on any atom is -0.197 e. The first-order valence-corrected chi connectivity index (χ1v) is 6.62. The van der Waals surface area contributed by atoms with Crippen molar-refractivity contribution >= 4 is 0 Å². The van der Waals surface area contributed by atoms with Crippen molar-refractivity contribution in [1.29, 1.82) is 10.5 Å². The fraction of sp³-hybridized carbons (Fsp3) is 0.857. The second kappa shape index (κ2) is 4.88. The van der Waals surface area contributed by atoms with Gasteiger partial charge in [0.25, 0.3) is 0 Å². The van der Waals surface area contributed by atoms with Crippen LogP contribution in [-0.2, 0) is 0 Å². The molecule has 0 aromatic carbocycles. The molecule has 1 unspecified atom stereocenters. The lowest BCUT2D eigenvalue weighted by Crippen LogP contribution is -2.30. The summed E-state index contributed by atoms with van der Waals surface area (Å²) in [6, 6.07) is 4.55. The third kappa shape index (κ3) is 2.22. The second-order valence-electron chi connectivity index (χ2n) is 5.56. The fourth-order valence-corrected chi connectivity index (χ4v) is 3.55. The fourth-order valence-electron chi connectivity index (χ4n) is 3.55. The van der Waals surface area contributed by atoms with Gasteiger partial charge in [-0.15, -0.1) is 0 Å². The molecule has 2 fully saturated rings. The molecule has 86 valence electrons. The van der Waals surface area contributed by atoms with Gasteiger partial charge >= 0.3 is 0 Å². The highest BCUT2D eigenvalue weighted by Crippen LogP contribution is 2.45. The normalized spacial score (nSPS) is 30.2. The van der Waals surface area contributed by atoms with Crippen LogP contribution in [0.1, 0.15) is 57.8 Å². The number of hydrogen-bond donors (Lipinski definition) is 0. The van der Waals surface area contributed by atoms with E-state index in [1.165, 1.54) is 38.5 Å². The van der Waals surface area contributed by atoms with Crippen LogP contribution in [0.4, 0.5) is 0 Å². The first-order valence-electron chi connectivity index (χ1n) is 6.62. The maximum atomic E-state index is 9.19. The quantitative estimate of drug-likeness (QED) is 0.669. The summed E-state index contributed by atoms with van der Waals surface area (Å²) in [4.78, 5) is 0. The minimum absolute atomic E-state index is 0.647. The van der Waals surface area contributed by atoms with E-state index in [9.17, 15) is 10.5 Å². The van der Waals surface area contributed by atoms with Crippen LogP contribution in [0.3, 0.4) is 0 Å². The molecule has 0 aliphatic heterocycles. The van der Waals surface area contributed by atoms with Gasteiger partial charge in [-0.25, -0.2) is 0 Å². The second-order valence-corrected chi connectivity index (χ2v) is 5.56. The number of hydrogen-bond acceptors (Lipinski definition) is 2. The number of nitriles is 2. The van der Waals surface area contributed by atoms with Crippen molar-refractivity contribution in [2.45, 2.75) is 57.8 Å². The molecule has 0 bridgehead atoms. The van der Waals surface area contributed by atoms with E-state index < -0.39 is 5.41 Å². The Morgan fingerprint density at radius 2 is 1.44 bits per heavy atom. The summed E-state index contributed by atoms with van der Waals surface area (Å²) in [7, 11) is 0. The molecule has 0 amide bonds. The van der Waals surface area contributed by atoms with Crippen molar-refractivity contribution in [2.75, 3.05) is 0 Å². The Balaban J connectivity index is 2.01. The van der Waals surface area contributed by atoms with Crippen LogP contribution in [0, 0.1) is 39.9 Å². The van der Waals surface area contributed by atoms with Gasteiger partial charge in [0.1, 0.15) is 5.41 Å². The SMILES string of the molecule is N#CC1(C#N)CCCC(C2CCCCC2)C1. The van der Waals surface area contributed by atoms with Crippen molar-refractivity contribution in [2.24, 2.45) is 17.3 Å². The van der Waals surface area contributed by atoms with E-state index in [0.29, 0.717) is 5.92 Å². The van der Waals surface area contributed by atoms with Gasteiger partial charge in [0.15, 0.2) is 0 Å². The lowest BCUT2D eigenvalue weighted by atomic mass is 9.65. The van der Waals surface area contributed by atoms with Gasteiger partial charge in [0, 0.05) is 0 Å². The topological polar surface area (TPSA) is 47.6 Å². The maximum Gasteiger partial charge on any atom is 0.144 e. The molecular formula is C14H20N2. The van der Waals surface area contributed by atoms with Crippen molar-refractivity contribution in [3.05, 3.63) is 0 Å². The van der Waals surface area contributed by atoms with E-state index >= 15 is 0 Å². The van der Waals surface area contributed by atoms with E-state index in [-0.39, 0.29) is 0 Å². The minimum atomic E-state index is -0.652. The zero-order valence-electron chi connectivity index (χ0n) is 9.91. The largest absolute Gasteiger partial charge is 0.197 e. The summed E-state index contributed by atoms with van der Waals surface area (Å²) in [5.74, 6) is 1.45. The number of nitrogens with zero attached hydrogens (tertiary/aromatic N) is 2. The molecule has 1 atom stereocenters. The monoisotopic (exact) mass is 216 g/mol. The Hall–Kier alpha value is -1.02. The summed E-state index contributed by atoms with van der Waals surface area (Å²) in [6.07, 6.45) is 10.7. The molecule has 16 heavy (non-hydrogen) atoms. The lowest BCUT2D eigenvalue weighted by Gasteiger charge is -2.37. The zero-order valence-corrected chi connectivity index (χ0v) is 9.91. The average Bonchev–Trinajstić information content (AvgIpc) is 2.40. The smallest absolute Gasteiger partial charge is 0.144 e. The first kappa shape index (κ1) is 11.5. The van der Waals surface area contributed by atoms with Gasteiger partial charge in [0.2, 0.25) is 0 Å². The first-order chi connectivity index (χ1) is 7.79. The predicted molar refractivity (Wildman–Crippen MR) is 62.2 cm³/mol. The van der Waals surface area contributed by atoms with Crippen LogP contribution in [0.15, 0.2) is 0 Å². The standard InChI is InChI=1S/C14H20N2/c15-10-14(11-16)8-4-7-13(9-14)12-5-2-1-3-6-12/h12-13H,1-9H2. The number of rotatable bonds is 1. The van der Waals surface area contributed by atoms with Crippen LogP contribution in [-0.4, -0.2) is 0 Å². The summed E-state index contributed by atoms with van der Waals surface area (Å²) < 4.78 is 0. The predicted octanol–water partition coefficient (Wildman–Crippen LogP) is 3.79. The molecule has 2 aliphatic rings. The summed E-state index contributed by atoms with van der Waals surface area (Å²) >= 11 is 0. The van der Waals surface area contributed by atoms with Crippen LogP contribution >= 0.6 is 0 Å². The van der Waals surface area contributed by atoms with Crippen LogP contribution in [0.2, 0.25) is 0 Å². The summed E-state index contributed by atoms with van der Waals surface area (Å²) in [5, 5.41) is 18.4. The molecule has 0 N–H and O–H groups in total. The van der Waals surface area contributed by atoms with Gasteiger partial charge in [0.05, 0.1) is 12.1 Å². The van der Waals surface area contributed by atoms with Crippen molar-refractivity contribution in [1.82, 2.24) is 0 Å². The molecule has 0 saturated heterocycles. The van der Waals surface area contributed by atoms with E-state index in [0.717, 1.165) is 25.2 Å². The highest BCUT2D eigenvalue weighted by atomic mass is 14.5. The Labute approximate surface area is 98.3 Å². The molecule has 2 heteroatoms. The van der Waals surface area contributed by atoms with Crippen LogP contribution in [0.25, 0.3) is 0 Å². The molecule has 2 aliphatic carbocycles. The third-order valence-electron chi connectivity index (χ3n) is 4.53. The summed E-state index contributed by atoms with van der Waals surface area (Å²) in [6.45, 7) is 0. The van der Waals surface area contributed by atoms with E-state index in [4.69, 9.17) is 0 Å². The van der Waals surface area contributed by atoms with Gasteiger partial charge in [-0.05, 0) is 31.1 Å². The van der Waals surface area contributed by atoms with Gasteiger partial charge in [-0.1, -0.05) is 38.5 Å². The van der Waals surface area contributed by atoms with E-state index in [2.05, 4.69) is 12.1 Å². The Bertz CT molecular complexity index is 301. The van der Waals surface area contributed by atoms with Gasteiger partial charge in [-0.3, -0.25) is 0 Å².